The smallest absolute Gasteiger partial charge is 0.0533 e. The Labute approximate surface area is 252 Å². The molecule has 0 saturated carbocycles. The summed E-state index contributed by atoms with van der Waals surface area (Å²) >= 11 is 0. The maximum Gasteiger partial charge on any atom is -0.0533 e. The molecule has 0 aromatic heterocycles. The second-order valence-electron chi connectivity index (χ2n) is 13.0. The Morgan fingerprint density at radius 1 is 0.128 bits per heavy atom. The number of hydrogen-bond donors (Lipinski definition) is 0. The van der Waals surface area contributed by atoms with Gasteiger partial charge in [0.05, 0.1) is 0 Å². The molecule has 0 amide bonds. The molecule has 238 valence electrons. The van der Waals surface area contributed by atoms with Crippen LogP contribution in [0.4, 0.5) is 0 Å². The van der Waals surface area contributed by atoms with Gasteiger partial charge in [0.25, 0.3) is 0 Å². The van der Waals surface area contributed by atoms with E-state index in [9.17, 15) is 0 Å². The fourth-order valence-corrected chi connectivity index (χ4v) is 5.77. The van der Waals surface area contributed by atoms with Gasteiger partial charge in [-0.05, 0) is 0 Å². The summed E-state index contributed by atoms with van der Waals surface area (Å²) in [5.41, 5.74) is 0. The molecule has 0 saturated heterocycles. The number of hydrogen-bond acceptors (Lipinski definition) is 0. The zero-order valence-electron chi connectivity index (χ0n) is 28.7. The van der Waals surface area contributed by atoms with E-state index >= 15 is 0 Å². The summed E-state index contributed by atoms with van der Waals surface area (Å²) < 4.78 is 0. The van der Waals surface area contributed by atoms with E-state index in [2.05, 4.69) is 27.7 Å². The molecular formula is C39H82. The Morgan fingerprint density at radius 2 is 0.205 bits per heavy atom. The molecule has 0 aromatic carbocycles. The zero-order chi connectivity index (χ0) is 28.7. The highest BCUT2D eigenvalue weighted by atomic mass is 14.0. The van der Waals surface area contributed by atoms with Gasteiger partial charge in [-0.3, -0.25) is 0 Å². The standard InChI is InChI=1S/C20H42.C19H40/c1-3-5-7-9-11-13-15-17-19-20-18-16-14-12-10-8-6-4-2;1-3-5-7-9-11-13-15-17-19-18-16-14-12-10-8-6-4-2/h3-20H2,1-2H3;3-19H2,1-2H3. The van der Waals surface area contributed by atoms with Crippen LogP contribution in [0.15, 0.2) is 0 Å². The van der Waals surface area contributed by atoms with Crippen molar-refractivity contribution in [2.45, 2.75) is 252 Å². The fourth-order valence-electron chi connectivity index (χ4n) is 5.77. The van der Waals surface area contributed by atoms with E-state index in [4.69, 9.17) is 0 Å². The second kappa shape index (κ2) is 42.5. The van der Waals surface area contributed by atoms with Crippen molar-refractivity contribution < 1.29 is 0 Å². The molecule has 0 N–H and O–H groups in total. The molecule has 0 fully saturated rings. The first-order chi connectivity index (χ1) is 19.3. The molecule has 0 aliphatic carbocycles. The van der Waals surface area contributed by atoms with Gasteiger partial charge < -0.3 is 0 Å². The third-order valence-corrected chi connectivity index (χ3v) is 8.66. The van der Waals surface area contributed by atoms with Crippen LogP contribution in [0.1, 0.15) is 252 Å². The molecule has 0 rings (SSSR count). The molecule has 0 aliphatic heterocycles. The molecule has 0 aromatic rings. The average molecular weight is 551 g/mol. The van der Waals surface area contributed by atoms with Crippen LogP contribution in [-0.2, 0) is 0 Å². The lowest BCUT2D eigenvalue weighted by Gasteiger charge is -2.03. The largest absolute Gasteiger partial charge is 0.0654 e. The molecule has 0 heterocycles. The quantitative estimate of drug-likeness (QED) is 0.0713. The van der Waals surface area contributed by atoms with Crippen LogP contribution >= 0.6 is 0 Å². The van der Waals surface area contributed by atoms with Crippen molar-refractivity contribution in [2.75, 3.05) is 0 Å². The van der Waals surface area contributed by atoms with E-state index in [0.29, 0.717) is 0 Å². The van der Waals surface area contributed by atoms with Crippen LogP contribution in [0.5, 0.6) is 0 Å². The number of unbranched alkanes of at least 4 members (excludes halogenated alkanes) is 33. The third-order valence-electron chi connectivity index (χ3n) is 8.66. The third kappa shape index (κ3) is 45.2. The predicted octanol–water partition coefficient (Wildman–Crippen LogP) is 15.7. The Kier molecular flexibility index (Phi) is 44.8. The second-order valence-corrected chi connectivity index (χ2v) is 13.0. The van der Waals surface area contributed by atoms with Crippen molar-refractivity contribution in [2.24, 2.45) is 0 Å². The van der Waals surface area contributed by atoms with Gasteiger partial charge in [-0.1, -0.05) is 252 Å². The lowest BCUT2D eigenvalue weighted by atomic mass is 10.0. The Bertz CT molecular complexity index is 325. The highest BCUT2D eigenvalue weighted by Crippen LogP contribution is 2.15. The van der Waals surface area contributed by atoms with Gasteiger partial charge in [-0.25, -0.2) is 0 Å². The van der Waals surface area contributed by atoms with Crippen molar-refractivity contribution in [3.8, 4) is 0 Å². The van der Waals surface area contributed by atoms with E-state index in [1.54, 1.807) is 0 Å². The van der Waals surface area contributed by atoms with Gasteiger partial charge in [0.1, 0.15) is 0 Å². The van der Waals surface area contributed by atoms with E-state index in [0.717, 1.165) is 0 Å². The summed E-state index contributed by atoms with van der Waals surface area (Å²) in [5.74, 6) is 0. The Balaban J connectivity index is 0. The fraction of sp³-hybridized carbons (Fsp3) is 1.00. The van der Waals surface area contributed by atoms with Crippen LogP contribution in [-0.4, -0.2) is 0 Å². The van der Waals surface area contributed by atoms with E-state index in [1.807, 2.05) is 0 Å². The van der Waals surface area contributed by atoms with Crippen molar-refractivity contribution in [3.05, 3.63) is 0 Å². The minimum atomic E-state index is 1.37. The minimum absolute atomic E-state index is 1.37. The maximum atomic E-state index is 2.30. The van der Waals surface area contributed by atoms with Crippen molar-refractivity contribution in [3.63, 3.8) is 0 Å². The summed E-state index contributed by atoms with van der Waals surface area (Å²) in [6.07, 6.45) is 51.3. The van der Waals surface area contributed by atoms with Crippen molar-refractivity contribution in [1.82, 2.24) is 0 Å². The number of rotatable bonds is 33. The van der Waals surface area contributed by atoms with E-state index in [1.165, 1.54) is 225 Å². The van der Waals surface area contributed by atoms with Crippen LogP contribution < -0.4 is 0 Å². The van der Waals surface area contributed by atoms with Gasteiger partial charge in [-0.15, -0.1) is 0 Å². The Morgan fingerprint density at radius 3 is 0.282 bits per heavy atom. The van der Waals surface area contributed by atoms with Gasteiger partial charge in [0.15, 0.2) is 0 Å². The van der Waals surface area contributed by atoms with Gasteiger partial charge >= 0.3 is 0 Å². The topological polar surface area (TPSA) is 0 Å². The van der Waals surface area contributed by atoms with E-state index < -0.39 is 0 Å². The highest BCUT2D eigenvalue weighted by Gasteiger charge is 1.95. The maximum absolute atomic E-state index is 2.30. The van der Waals surface area contributed by atoms with Gasteiger partial charge in [0, 0.05) is 0 Å². The zero-order valence-corrected chi connectivity index (χ0v) is 28.7. The molecule has 0 unspecified atom stereocenters. The first kappa shape index (κ1) is 41.1. The molecule has 0 bridgehead atoms. The molecule has 0 aliphatic rings. The first-order valence-corrected chi connectivity index (χ1v) is 19.3. The van der Waals surface area contributed by atoms with Gasteiger partial charge in [0.2, 0.25) is 0 Å². The van der Waals surface area contributed by atoms with Gasteiger partial charge in [-0.2, -0.15) is 0 Å². The molecule has 0 atom stereocenters. The average Bonchev–Trinajstić information content (AvgIpc) is 2.95. The minimum Gasteiger partial charge on any atom is -0.0654 e. The molecule has 0 nitrogen and oxygen atoms in total. The van der Waals surface area contributed by atoms with Crippen LogP contribution in [0.3, 0.4) is 0 Å². The van der Waals surface area contributed by atoms with Crippen LogP contribution in [0, 0.1) is 0 Å². The van der Waals surface area contributed by atoms with Crippen LogP contribution in [0.25, 0.3) is 0 Å². The van der Waals surface area contributed by atoms with Crippen molar-refractivity contribution in [1.29, 1.82) is 0 Å². The summed E-state index contributed by atoms with van der Waals surface area (Å²) in [6.45, 7) is 9.18. The summed E-state index contributed by atoms with van der Waals surface area (Å²) in [7, 11) is 0. The lowest BCUT2D eigenvalue weighted by molar-refractivity contribution is 0.526. The van der Waals surface area contributed by atoms with Crippen LogP contribution in [0.2, 0.25) is 0 Å². The summed E-state index contributed by atoms with van der Waals surface area (Å²) in [4.78, 5) is 0. The molecule has 0 heteroatoms. The molecule has 0 radical (unpaired) electrons. The molecule has 0 spiro atoms. The SMILES string of the molecule is CCCCCCCCCCCCCCCCCCC.CCCCCCCCCCCCCCCCCCCC. The summed E-state index contributed by atoms with van der Waals surface area (Å²) in [5, 5.41) is 0. The van der Waals surface area contributed by atoms with Crippen molar-refractivity contribution >= 4 is 0 Å². The van der Waals surface area contributed by atoms with E-state index in [-0.39, 0.29) is 0 Å². The Hall–Kier alpha value is 0. The predicted molar refractivity (Wildman–Crippen MR) is 184 cm³/mol. The lowest BCUT2D eigenvalue weighted by Crippen LogP contribution is -1.83. The highest BCUT2D eigenvalue weighted by molar-refractivity contribution is 4.51. The normalized spacial score (nSPS) is 11.1. The molecule has 39 heavy (non-hydrogen) atoms. The summed E-state index contributed by atoms with van der Waals surface area (Å²) in [6, 6.07) is 0. The monoisotopic (exact) mass is 551 g/mol. The molecular weight excluding hydrogens is 468 g/mol. The first-order valence-electron chi connectivity index (χ1n) is 19.3.